The molecule has 2 aromatic carbocycles. The standard InChI is InChI=1S/C20H15BrIN3O2S/c1-11-7-14(8-12(2)18(11)21)24-20-25-19(26)17(28-20)10-13-3-4-16(15(22)9-13)27-6-5-23/h3-4,7-10H,6H2,1-2H3,(H,24,25,26)/b17-10-. The molecule has 0 aromatic heterocycles. The number of thioether (sulfide) groups is 1. The van der Waals surface area contributed by atoms with Gasteiger partial charge in [0.1, 0.15) is 11.8 Å². The number of nitriles is 1. The highest BCUT2D eigenvalue weighted by atomic mass is 127. The van der Waals surface area contributed by atoms with Gasteiger partial charge in [0, 0.05) is 4.47 Å². The third-order valence-corrected chi connectivity index (χ3v) is 6.85. The van der Waals surface area contributed by atoms with Crippen LogP contribution in [0.4, 0.5) is 5.69 Å². The van der Waals surface area contributed by atoms with Gasteiger partial charge in [-0.1, -0.05) is 22.0 Å². The number of hydrogen-bond acceptors (Lipinski definition) is 5. The van der Waals surface area contributed by atoms with Gasteiger partial charge in [0.15, 0.2) is 11.8 Å². The molecule has 1 fully saturated rings. The second kappa shape index (κ2) is 9.11. The number of amidine groups is 1. The minimum absolute atomic E-state index is 0.00350. The number of halogens is 2. The summed E-state index contributed by atoms with van der Waals surface area (Å²) in [6, 6.07) is 11.5. The molecule has 5 nitrogen and oxygen atoms in total. The van der Waals surface area contributed by atoms with Crippen LogP contribution in [0.25, 0.3) is 6.08 Å². The smallest absolute Gasteiger partial charge is 0.264 e. The third kappa shape index (κ3) is 4.96. The molecule has 0 atom stereocenters. The van der Waals surface area contributed by atoms with E-state index in [1.165, 1.54) is 11.8 Å². The van der Waals surface area contributed by atoms with Gasteiger partial charge in [-0.05, 0) is 95.2 Å². The predicted octanol–water partition coefficient (Wildman–Crippen LogP) is 5.46. The van der Waals surface area contributed by atoms with Gasteiger partial charge in [-0.2, -0.15) is 5.26 Å². The maximum absolute atomic E-state index is 12.3. The Morgan fingerprint density at radius 3 is 2.68 bits per heavy atom. The van der Waals surface area contributed by atoms with Gasteiger partial charge in [0.2, 0.25) is 0 Å². The van der Waals surface area contributed by atoms with Crippen LogP contribution < -0.4 is 10.1 Å². The van der Waals surface area contributed by atoms with E-state index >= 15 is 0 Å². The van der Waals surface area contributed by atoms with Crippen molar-refractivity contribution in [1.29, 1.82) is 5.26 Å². The second-order valence-electron chi connectivity index (χ2n) is 6.01. The Bertz CT molecular complexity index is 1040. The van der Waals surface area contributed by atoms with Crippen molar-refractivity contribution in [3.8, 4) is 11.8 Å². The first-order valence-corrected chi connectivity index (χ1v) is 10.9. The van der Waals surface area contributed by atoms with E-state index in [2.05, 4.69) is 48.8 Å². The molecule has 8 heteroatoms. The Kier molecular flexibility index (Phi) is 6.80. The monoisotopic (exact) mass is 567 g/mol. The predicted molar refractivity (Wildman–Crippen MR) is 125 cm³/mol. The number of ether oxygens (including phenoxy) is 1. The van der Waals surface area contributed by atoms with Crippen LogP contribution in [-0.4, -0.2) is 17.7 Å². The maximum atomic E-state index is 12.3. The van der Waals surface area contributed by atoms with Gasteiger partial charge in [0.25, 0.3) is 5.91 Å². The summed E-state index contributed by atoms with van der Waals surface area (Å²) in [6.07, 6.45) is 1.82. The lowest BCUT2D eigenvalue weighted by molar-refractivity contribution is -0.115. The van der Waals surface area contributed by atoms with E-state index in [1.807, 2.05) is 50.3 Å². The summed E-state index contributed by atoms with van der Waals surface area (Å²) in [6.45, 7) is 4.03. The van der Waals surface area contributed by atoms with E-state index in [4.69, 9.17) is 10.00 Å². The summed E-state index contributed by atoms with van der Waals surface area (Å²) < 4.78 is 7.29. The van der Waals surface area contributed by atoms with Crippen LogP contribution >= 0.6 is 50.3 Å². The summed E-state index contributed by atoms with van der Waals surface area (Å²) in [7, 11) is 0. The summed E-state index contributed by atoms with van der Waals surface area (Å²) in [4.78, 5) is 17.4. The Morgan fingerprint density at radius 2 is 2.04 bits per heavy atom. The molecule has 3 rings (SSSR count). The molecule has 0 spiro atoms. The Morgan fingerprint density at radius 1 is 1.32 bits per heavy atom. The molecule has 0 unspecified atom stereocenters. The minimum atomic E-state index is -0.172. The van der Waals surface area contributed by atoms with Crippen molar-refractivity contribution in [2.45, 2.75) is 13.8 Å². The van der Waals surface area contributed by atoms with Crippen LogP contribution in [-0.2, 0) is 4.79 Å². The highest BCUT2D eigenvalue weighted by Gasteiger charge is 2.24. The molecular weight excluding hydrogens is 553 g/mol. The lowest BCUT2D eigenvalue weighted by Gasteiger charge is -2.05. The van der Waals surface area contributed by atoms with E-state index in [0.717, 1.165) is 30.4 Å². The SMILES string of the molecule is Cc1cc(N=C2NC(=O)/C(=C/c3ccc(OCC#N)c(I)c3)S2)cc(C)c1Br. The summed E-state index contributed by atoms with van der Waals surface area (Å²) in [5, 5.41) is 12.0. The van der Waals surface area contributed by atoms with Gasteiger partial charge in [-0.3, -0.25) is 4.79 Å². The van der Waals surface area contributed by atoms with E-state index < -0.39 is 0 Å². The normalized spacial score (nSPS) is 16.3. The molecule has 142 valence electrons. The average molecular weight is 568 g/mol. The maximum Gasteiger partial charge on any atom is 0.264 e. The number of aliphatic imine (C=N–C) groups is 1. The molecule has 1 saturated heterocycles. The first kappa shape index (κ1) is 20.9. The van der Waals surface area contributed by atoms with Crippen molar-refractivity contribution in [2.75, 3.05) is 6.61 Å². The number of nitrogens with zero attached hydrogens (tertiary/aromatic N) is 2. The zero-order valence-electron chi connectivity index (χ0n) is 15.0. The van der Waals surface area contributed by atoms with Crippen LogP contribution in [0.1, 0.15) is 16.7 Å². The molecule has 0 radical (unpaired) electrons. The molecule has 1 heterocycles. The molecule has 1 amide bonds. The van der Waals surface area contributed by atoms with Crippen LogP contribution in [0.2, 0.25) is 0 Å². The van der Waals surface area contributed by atoms with Crippen LogP contribution in [0.5, 0.6) is 5.75 Å². The number of benzene rings is 2. The molecule has 28 heavy (non-hydrogen) atoms. The first-order valence-electron chi connectivity index (χ1n) is 8.23. The number of hydrogen-bond donors (Lipinski definition) is 1. The molecule has 1 aliphatic heterocycles. The van der Waals surface area contributed by atoms with E-state index in [-0.39, 0.29) is 12.5 Å². The van der Waals surface area contributed by atoms with Gasteiger partial charge >= 0.3 is 0 Å². The molecular formula is C20H15BrIN3O2S. The molecule has 0 saturated carbocycles. The number of rotatable bonds is 4. The highest BCUT2D eigenvalue weighted by molar-refractivity contribution is 14.1. The number of nitrogens with one attached hydrogen (secondary N) is 1. The zero-order valence-corrected chi connectivity index (χ0v) is 19.6. The largest absolute Gasteiger partial charge is 0.478 e. The highest BCUT2D eigenvalue weighted by Crippen LogP contribution is 2.31. The number of carbonyl (C=O) groups excluding carboxylic acids is 1. The van der Waals surface area contributed by atoms with Gasteiger partial charge in [0.05, 0.1) is 14.2 Å². The van der Waals surface area contributed by atoms with Crippen LogP contribution in [0.3, 0.4) is 0 Å². The molecule has 2 aromatic rings. The van der Waals surface area contributed by atoms with Crippen molar-refractivity contribution < 1.29 is 9.53 Å². The van der Waals surface area contributed by atoms with E-state index in [9.17, 15) is 4.79 Å². The lowest BCUT2D eigenvalue weighted by Crippen LogP contribution is -2.19. The van der Waals surface area contributed by atoms with Crippen LogP contribution in [0, 0.1) is 28.7 Å². The number of aryl methyl sites for hydroxylation is 2. The van der Waals surface area contributed by atoms with E-state index in [1.54, 1.807) is 6.07 Å². The van der Waals surface area contributed by atoms with E-state index in [0.29, 0.717) is 15.8 Å². The molecule has 1 N–H and O–H groups in total. The topological polar surface area (TPSA) is 74.5 Å². The Hall–Kier alpha value is -1.83. The van der Waals surface area contributed by atoms with Crippen molar-refractivity contribution in [1.82, 2.24) is 5.32 Å². The Balaban J connectivity index is 1.81. The van der Waals surface area contributed by atoms with Crippen molar-refractivity contribution in [3.05, 3.63) is 60.0 Å². The van der Waals surface area contributed by atoms with Gasteiger partial charge < -0.3 is 10.1 Å². The summed E-state index contributed by atoms with van der Waals surface area (Å²) in [5.74, 6) is 0.477. The molecule has 0 aliphatic carbocycles. The lowest BCUT2D eigenvalue weighted by atomic mass is 10.1. The van der Waals surface area contributed by atoms with Crippen molar-refractivity contribution >= 4 is 73.1 Å². The summed E-state index contributed by atoms with van der Waals surface area (Å²) in [5.41, 5.74) is 3.87. The quantitative estimate of drug-likeness (QED) is 0.393. The van der Waals surface area contributed by atoms with Gasteiger partial charge in [-0.25, -0.2) is 4.99 Å². The third-order valence-electron chi connectivity index (χ3n) is 3.85. The molecule has 0 bridgehead atoms. The fourth-order valence-corrected chi connectivity index (χ4v) is 4.34. The number of amides is 1. The summed E-state index contributed by atoms with van der Waals surface area (Å²) >= 11 is 7.01. The van der Waals surface area contributed by atoms with Gasteiger partial charge in [-0.15, -0.1) is 0 Å². The number of carbonyl (C=O) groups is 1. The first-order chi connectivity index (χ1) is 13.4. The van der Waals surface area contributed by atoms with Crippen molar-refractivity contribution in [2.24, 2.45) is 4.99 Å². The molecule has 1 aliphatic rings. The average Bonchev–Trinajstić information content (AvgIpc) is 2.98. The van der Waals surface area contributed by atoms with Crippen molar-refractivity contribution in [3.63, 3.8) is 0 Å². The fourth-order valence-electron chi connectivity index (χ4n) is 2.57. The second-order valence-corrected chi connectivity index (χ2v) is 9.00. The fraction of sp³-hybridized carbons (Fsp3) is 0.150. The zero-order chi connectivity index (χ0) is 20.3. The van der Waals surface area contributed by atoms with Crippen LogP contribution in [0.15, 0.2) is 44.7 Å². The Labute approximate surface area is 189 Å². The minimum Gasteiger partial charge on any atom is -0.478 e.